The van der Waals surface area contributed by atoms with Crippen molar-refractivity contribution < 1.29 is 0 Å². The smallest absolute Gasteiger partial charge is 0.160 e. The van der Waals surface area contributed by atoms with Crippen LogP contribution in [0.4, 0.5) is 0 Å². The second kappa shape index (κ2) is 10.1. The number of aryl methyl sites for hydroxylation is 4. The number of piperazine rings is 1. The van der Waals surface area contributed by atoms with Gasteiger partial charge in [0.15, 0.2) is 5.65 Å². The van der Waals surface area contributed by atoms with Crippen LogP contribution in [0.3, 0.4) is 0 Å². The zero-order chi connectivity index (χ0) is 22.7. The highest BCUT2D eigenvalue weighted by atomic mass is 15.3. The third-order valence-electron chi connectivity index (χ3n) is 6.86. The van der Waals surface area contributed by atoms with Gasteiger partial charge in [-0.3, -0.25) is 4.90 Å². The molecule has 0 atom stereocenters. The van der Waals surface area contributed by atoms with E-state index in [9.17, 15) is 0 Å². The van der Waals surface area contributed by atoms with Gasteiger partial charge in [0, 0.05) is 44.3 Å². The van der Waals surface area contributed by atoms with Gasteiger partial charge in [0.25, 0.3) is 0 Å². The van der Waals surface area contributed by atoms with Gasteiger partial charge in [0.05, 0.1) is 6.54 Å². The molecule has 1 saturated heterocycles. The molecule has 0 spiro atoms. The zero-order valence-electron chi connectivity index (χ0n) is 20.6. The number of imidazole rings is 1. The SMILES string of the molecule is CCc1nc2c(C)cc(C)nc2n1Cc1ccc(CCCN2CCN(C(C)C)CC2)cc1. The monoisotopic (exact) mass is 433 g/mol. The fourth-order valence-electron chi connectivity index (χ4n) is 4.89. The number of benzene rings is 1. The van der Waals surface area contributed by atoms with Crippen LogP contribution in [0.2, 0.25) is 0 Å². The maximum atomic E-state index is 4.88. The summed E-state index contributed by atoms with van der Waals surface area (Å²) in [5.74, 6) is 1.11. The highest BCUT2D eigenvalue weighted by Crippen LogP contribution is 2.21. The number of hydrogen-bond donors (Lipinski definition) is 0. The molecular formula is C27H39N5. The Kier molecular flexibility index (Phi) is 7.27. The Morgan fingerprint density at radius 3 is 2.28 bits per heavy atom. The van der Waals surface area contributed by atoms with Crippen molar-refractivity contribution >= 4 is 11.2 Å². The number of aromatic nitrogens is 3. The van der Waals surface area contributed by atoms with Gasteiger partial charge < -0.3 is 9.47 Å². The first-order valence-electron chi connectivity index (χ1n) is 12.3. The lowest BCUT2D eigenvalue weighted by Gasteiger charge is -2.36. The molecule has 0 unspecified atom stereocenters. The molecule has 1 aromatic carbocycles. The van der Waals surface area contributed by atoms with Crippen LogP contribution in [0, 0.1) is 13.8 Å². The maximum Gasteiger partial charge on any atom is 0.160 e. The van der Waals surface area contributed by atoms with Crippen molar-refractivity contribution in [2.75, 3.05) is 32.7 Å². The molecule has 3 aromatic rings. The van der Waals surface area contributed by atoms with Crippen molar-refractivity contribution in [3.63, 3.8) is 0 Å². The lowest BCUT2D eigenvalue weighted by atomic mass is 10.1. The Labute approximate surface area is 193 Å². The standard InChI is InChI=1S/C27H39N5/c1-6-25-29-26-21(4)18-22(5)28-27(26)32(25)19-24-11-9-23(10-12-24)8-7-13-30-14-16-31(17-15-30)20(2)3/h9-12,18,20H,6-8,13-17,19H2,1-5H3. The number of rotatable bonds is 8. The van der Waals surface area contributed by atoms with Gasteiger partial charge in [-0.15, -0.1) is 0 Å². The van der Waals surface area contributed by atoms with Crippen molar-refractivity contribution in [2.45, 2.75) is 66.5 Å². The van der Waals surface area contributed by atoms with Crippen LogP contribution in [-0.4, -0.2) is 63.1 Å². The van der Waals surface area contributed by atoms with Gasteiger partial charge in [0.2, 0.25) is 0 Å². The molecule has 0 bridgehead atoms. The van der Waals surface area contributed by atoms with Gasteiger partial charge in [-0.25, -0.2) is 9.97 Å². The Bertz CT molecular complexity index is 1030. The van der Waals surface area contributed by atoms with Crippen molar-refractivity contribution in [1.29, 1.82) is 0 Å². The molecule has 1 aliphatic heterocycles. The minimum absolute atomic E-state index is 0.674. The Hall–Kier alpha value is -2.24. The van der Waals surface area contributed by atoms with E-state index in [1.807, 2.05) is 0 Å². The van der Waals surface area contributed by atoms with Crippen LogP contribution >= 0.6 is 0 Å². The third kappa shape index (κ3) is 5.21. The van der Waals surface area contributed by atoms with Crippen molar-refractivity contribution in [2.24, 2.45) is 0 Å². The highest BCUT2D eigenvalue weighted by molar-refractivity contribution is 5.76. The summed E-state index contributed by atoms with van der Waals surface area (Å²) >= 11 is 0. The van der Waals surface area contributed by atoms with E-state index in [0.717, 1.165) is 42.1 Å². The molecule has 2 aromatic heterocycles. The van der Waals surface area contributed by atoms with Crippen LogP contribution in [0.5, 0.6) is 0 Å². The van der Waals surface area contributed by atoms with E-state index >= 15 is 0 Å². The molecule has 0 N–H and O–H groups in total. The highest BCUT2D eigenvalue weighted by Gasteiger charge is 2.18. The zero-order valence-corrected chi connectivity index (χ0v) is 20.6. The van der Waals surface area contributed by atoms with Crippen LogP contribution < -0.4 is 0 Å². The molecule has 1 fully saturated rings. The molecule has 5 nitrogen and oxygen atoms in total. The number of hydrogen-bond acceptors (Lipinski definition) is 4. The largest absolute Gasteiger partial charge is 0.308 e. The van der Waals surface area contributed by atoms with E-state index in [0.29, 0.717) is 6.04 Å². The maximum absolute atomic E-state index is 4.88. The van der Waals surface area contributed by atoms with E-state index in [4.69, 9.17) is 9.97 Å². The lowest BCUT2D eigenvalue weighted by Crippen LogP contribution is -2.48. The molecule has 5 heteroatoms. The average Bonchev–Trinajstić information content (AvgIpc) is 3.13. The number of nitrogens with zero attached hydrogens (tertiary/aromatic N) is 5. The molecule has 4 rings (SSSR count). The Balaban J connectivity index is 1.35. The first-order chi connectivity index (χ1) is 15.4. The molecule has 172 valence electrons. The average molecular weight is 434 g/mol. The molecule has 0 saturated carbocycles. The summed E-state index contributed by atoms with van der Waals surface area (Å²) < 4.78 is 2.29. The fourth-order valence-corrected chi connectivity index (χ4v) is 4.89. The first-order valence-corrected chi connectivity index (χ1v) is 12.3. The topological polar surface area (TPSA) is 37.2 Å². The minimum atomic E-state index is 0.674. The van der Waals surface area contributed by atoms with Crippen LogP contribution in [0.25, 0.3) is 11.2 Å². The van der Waals surface area contributed by atoms with Gasteiger partial charge in [-0.2, -0.15) is 0 Å². The third-order valence-corrected chi connectivity index (χ3v) is 6.86. The molecule has 0 amide bonds. The van der Waals surface area contributed by atoms with Crippen LogP contribution in [0.15, 0.2) is 30.3 Å². The minimum Gasteiger partial charge on any atom is -0.308 e. The summed E-state index contributed by atoms with van der Waals surface area (Å²) in [7, 11) is 0. The van der Waals surface area contributed by atoms with E-state index in [1.54, 1.807) is 0 Å². The molecule has 32 heavy (non-hydrogen) atoms. The summed E-state index contributed by atoms with van der Waals surface area (Å²) in [6, 6.07) is 12.0. The van der Waals surface area contributed by atoms with Gasteiger partial charge in [-0.05, 0) is 69.8 Å². The van der Waals surface area contributed by atoms with Gasteiger partial charge in [-0.1, -0.05) is 31.2 Å². The van der Waals surface area contributed by atoms with Gasteiger partial charge >= 0.3 is 0 Å². The van der Waals surface area contributed by atoms with Crippen molar-refractivity contribution in [3.05, 3.63) is 58.5 Å². The Morgan fingerprint density at radius 2 is 1.62 bits per heavy atom. The lowest BCUT2D eigenvalue weighted by molar-refractivity contribution is 0.108. The van der Waals surface area contributed by atoms with Crippen molar-refractivity contribution in [3.8, 4) is 0 Å². The van der Waals surface area contributed by atoms with E-state index in [-0.39, 0.29) is 0 Å². The van der Waals surface area contributed by atoms with Crippen molar-refractivity contribution in [1.82, 2.24) is 24.3 Å². The van der Waals surface area contributed by atoms with E-state index in [1.165, 1.54) is 55.8 Å². The summed E-state index contributed by atoms with van der Waals surface area (Å²) in [5, 5.41) is 0. The van der Waals surface area contributed by atoms with Crippen LogP contribution in [-0.2, 0) is 19.4 Å². The van der Waals surface area contributed by atoms with E-state index in [2.05, 4.69) is 79.3 Å². The molecule has 3 heterocycles. The van der Waals surface area contributed by atoms with E-state index < -0.39 is 0 Å². The summed E-state index contributed by atoms with van der Waals surface area (Å²) in [5.41, 5.74) is 7.07. The number of pyridine rings is 1. The summed E-state index contributed by atoms with van der Waals surface area (Å²) in [6.45, 7) is 17.9. The van der Waals surface area contributed by atoms with Crippen LogP contribution in [0.1, 0.15) is 55.4 Å². The van der Waals surface area contributed by atoms with Gasteiger partial charge in [0.1, 0.15) is 11.3 Å². The quantitative estimate of drug-likeness (QED) is 0.520. The first kappa shape index (κ1) is 22.9. The normalized spacial score (nSPS) is 15.8. The number of fused-ring (bicyclic) bond motifs is 1. The predicted octanol–water partition coefficient (Wildman–Crippen LogP) is 4.62. The molecule has 0 radical (unpaired) electrons. The Morgan fingerprint density at radius 1 is 0.938 bits per heavy atom. The predicted molar refractivity (Wildman–Crippen MR) is 133 cm³/mol. The summed E-state index contributed by atoms with van der Waals surface area (Å²) in [4.78, 5) is 14.9. The summed E-state index contributed by atoms with van der Waals surface area (Å²) in [6.07, 6.45) is 3.30. The fraction of sp³-hybridized carbons (Fsp3) is 0.556. The molecule has 0 aliphatic carbocycles. The molecular weight excluding hydrogens is 394 g/mol. The second-order valence-electron chi connectivity index (χ2n) is 9.61. The molecule has 1 aliphatic rings. The second-order valence-corrected chi connectivity index (χ2v) is 9.61.